The van der Waals surface area contributed by atoms with Crippen LogP contribution in [0.1, 0.15) is 54.8 Å². The van der Waals surface area contributed by atoms with E-state index >= 15 is 0 Å². The Labute approximate surface area is 145 Å². The van der Waals surface area contributed by atoms with Crippen LogP contribution in [0.2, 0.25) is 0 Å². The third-order valence-electron chi connectivity index (χ3n) is 5.52. The molecule has 1 atom stereocenters. The largest absolute Gasteiger partial charge is 0.344 e. The number of nitrogens with one attached hydrogen (secondary N) is 2. The SMILES string of the molecule is Fc1cccc2[nH]c(CN3CCCC3c3nc4c([nH]3)CCCC4)nc12. The number of likely N-dealkylation sites (tertiary alicyclic amines) is 1. The Kier molecular flexibility index (Phi) is 3.59. The topological polar surface area (TPSA) is 60.6 Å². The Morgan fingerprint density at radius 2 is 2.04 bits per heavy atom. The molecule has 1 saturated heterocycles. The predicted octanol–water partition coefficient (Wildman–Crippen LogP) is 3.64. The number of hydrogen-bond donors (Lipinski definition) is 2. The van der Waals surface area contributed by atoms with Crippen LogP contribution in [-0.2, 0) is 19.4 Å². The second kappa shape index (κ2) is 5.95. The molecule has 1 aromatic carbocycles. The van der Waals surface area contributed by atoms with Gasteiger partial charge in [0.25, 0.3) is 0 Å². The summed E-state index contributed by atoms with van der Waals surface area (Å²) in [4.78, 5) is 18.6. The number of fused-ring (bicyclic) bond motifs is 2. The van der Waals surface area contributed by atoms with Crippen LogP contribution in [0.15, 0.2) is 18.2 Å². The number of H-pyrrole nitrogens is 2. The number of hydrogen-bond acceptors (Lipinski definition) is 3. The fourth-order valence-electron chi connectivity index (χ4n) is 4.27. The molecule has 0 radical (unpaired) electrons. The summed E-state index contributed by atoms with van der Waals surface area (Å²) < 4.78 is 13.9. The van der Waals surface area contributed by atoms with E-state index in [2.05, 4.69) is 19.9 Å². The minimum absolute atomic E-state index is 0.267. The number of aryl methyl sites for hydroxylation is 2. The molecule has 1 aliphatic carbocycles. The van der Waals surface area contributed by atoms with Crippen LogP contribution in [0.4, 0.5) is 4.39 Å². The number of imidazole rings is 2. The van der Waals surface area contributed by atoms with Crippen molar-refractivity contribution in [2.45, 2.75) is 51.1 Å². The third kappa shape index (κ3) is 2.65. The molecule has 25 heavy (non-hydrogen) atoms. The third-order valence-corrected chi connectivity index (χ3v) is 5.52. The van der Waals surface area contributed by atoms with E-state index in [1.165, 1.54) is 30.3 Å². The monoisotopic (exact) mass is 339 g/mol. The van der Waals surface area contributed by atoms with Crippen LogP contribution in [0.5, 0.6) is 0 Å². The van der Waals surface area contributed by atoms with Crippen molar-refractivity contribution in [3.8, 4) is 0 Å². The summed E-state index contributed by atoms with van der Waals surface area (Å²) in [6.45, 7) is 1.72. The maximum Gasteiger partial charge on any atom is 0.151 e. The zero-order valence-electron chi connectivity index (χ0n) is 14.2. The molecule has 0 spiro atoms. The first-order valence-corrected chi connectivity index (χ1v) is 9.23. The molecule has 2 aliphatic rings. The smallest absolute Gasteiger partial charge is 0.151 e. The fourth-order valence-corrected chi connectivity index (χ4v) is 4.27. The maximum atomic E-state index is 13.9. The number of rotatable bonds is 3. The first kappa shape index (κ1) is 15.1. The van der Waals surface area contributed by atoms with Crippen molar-refractivity contribution in [3.63, 3.8) is 0 Å². The van der Waals surface area contributed by atoms with Gasteiger partial charge in [-0.25, -0.2) is 14.4 Å². The van der Waals surface area contributed by atoms with E-state index in [-0.39, 0.29) is 5.82 Å². The average molecular weight is 339 g/mol. The Balaban J connectivity index is 1.40. The first-order valence-electron chi connectivity index (χ1n) is 9.23. The van der Waals surface area contributed by atoms with E-state index in [1.54, 1.807) is 6.07 Å². The predicted molar refractivity (Wildman–Crippen MR) is 93.7 cm³/mol. The Morgan fingerprint density at radius 3 is 2.92 bits per heavy atom. The van der Waals surface area contributed by atoms with E-state index < -0.39 is 0 Å². The molecule has 3 aromatic rings. The molecule has 5 nitrogen and oxygen atoms in total. The van der Waals surface area contributed by atoms with Crippen molar-refractivity contribution in [1.82, 2.24) is 24.8 Å². The summed E-state index contributed by atoms with van der Waals surface area (Å²) in [7, 11) is 0. The molecule has 2 aromatic heterocycles. The van der Waals surface area contributed by atoms with Gasteiger partial charge in [0.05, 0.1) is 23.8 Å². The average Bonchev–Trinajstić information content (AvgIpc) is 3.32. The van der Waals surface area contributed by atoms with Crippen molar-refractivity contribution >= 4 is 11.0 Å². The van der Waals surface area contributed by atoms with Crippen molar-refractivity contribution < 1.29 is 4.39 Å². The quantitative estimate of drug-likeness (QED) is 0.766. The van der Waals surface area contributed by atoms with Gasteiger partial charge in [0, 0.05) is 5.69 Å². The van der Waals surface area contributed by atoms with E-state index in [4.69, 9.17) is 4.98 Å². The molecule has 0 amide bonds. The lowest BCUT2D eigenvalue weighted by Crippen LogP contribution is -2.24. The van der Waals surface area contributed by atoms with Gasteiger partial charge >= 0.3 is 0 Å². The molecular formula is C19H22FN5. The summed E-state index contributed by atoms with van der Waals surface area (Å²) >= 11 is 0. The minimum atomic E-state index is -0.267. The zero-order valence-corrected chi connectivity index (χ0v) is 14.2. The summed E-state index contributed by atoms with van der Waals surface area (Å²) in [5.74, 6) is 1.66. The molecule has 3 heterocycles. The van der Waals surface area contributed by atoms with Gasteiger partial charge in [-0.05, 0) is 57.2 Å². The molecule has 0 saturated carbocycles. The molecular weight excluding hydrogens is 317 g/mol. The molecule has 6 heteroatoms. The van der Waals surface area contributed by atoms with Gasteiger partial charge in [-0.3, -0.25) is 4.90 Å². The van der Waals surface area contributed by atoms with Crippen LogP contribution in [0.25, 0.3) is 11.0 Å². The molecule has 2 N–H and O–H groups in total. The van der Waals surface area contributed by atoms with E-state index in [9.17, 15) is 4.39 Å². The zero-order chi connectivity index (χ0) is 16.8. The lowest BCUT2D eigenvalue weighted by Gasteiger charge is -2.21. The highest BCUT2D eigenvalue weighted by atomic mass is 19.1. The van der Waals surface area contributed by atoms with Crippen LogP contribution in [-0.4, -0.2) is 31.4 Å². The Hall–Kier alpha value is -2.21. The van der Waals surface area contributed by atoms with Crippen molar-refractivity contribution in [1.29, 1.82) is 0 Å². The van der Waals surface area contributed by atoms with Crippen LogP contribution >= 0.6 is 0 Å². The van der Waals surface area contributed by atoms with Gasteiger partial charge < -0.3 is 9.97 Å². The van der Waals surface area contributed by atoms with Crippen molar-refractivity contribution in [3.05, 3.63) is 47.1 Å². The molecule has 5 rings (SSSR count). The second-order valence-corrected chi connectivity index (χ2v) is 7.20. The number of aromatic nitrogens is 4. The summed E-state index contributed by atoms with van der Waals surface area (Å²) in [5.41, 5.74) is 3.79. The summed E-state index contributed by atoms with van der Waals surface area (Å²) in [6.07, 6.45) is 6.99. The van der Waals surface area contributed by atoms with Crippen LogP contribution in [0.3, 0.4) is 0 Å². The van der Waals surface area contributed by atoms with Gasteiger partial charge in [-0.2, -0.15) is 0 Å². The van der Waals surface area contributed by atoms with Crippen LogP contribution < -0.4 is 0 Å². The maximum absolute atomic E-state index is 13.9. The number of benzene rings is 1. The van der Waals surface area contributed by atoms with Gasteiger partial charge in [0.2, 0.25) is 0 Å². The normalized spacial score (nSPS) is 21.1. The summed E-state index contributed by atoms with van der Waals surface area (Å²) in [6, 6.07) is 5.35. The molecule has 1 aliphatic heterocycles. The van der Waals surface area contributed by atoms with E-state index in [1.807, 2.05) is 6.07 Å². The van der Waals surface area contributed by atoms with Gasteiger partial charge in [0.15, 0.2) is 5.82 Å². The van der Waals surface area contributed by atoms with E-state index in [0.717, 1.165) is 49.4 Å². The number of nitrogens with zero attached hydrogens (tertiary/aromatic N) is 3. The van der Waals surface area contributed by atoms with Gasteiger partial charge in [0.1, 0.15) is 17.2 Å². The molecule has 0 bridgehead atoms. The number of para-hydroxylation sites is 1. The lowest BCUT2D eigenvalue weighted by atomic mass is 10.0. The lowest BCUT2D eigenvalue weighted by molar-refractivity contribution is 0.235. The molecule has 1 fully saturated rings. The van der Waals surface area contributed by atoms with Crippen LogP contribution in [0, 0.1) is 5.82 Å². The van der Waals surface area contributed by atoms with E-state index in [0.29, 0.717) is 18.1 Å². The Morgan fingerprint density at radius 1 is 1.12 bits per heavy atom. The van der Waals surface area contributed by atoms with Crippen molar-refractivity contribution in [2.75, 3.05) is 6.54 Å². The first-order chi connectivity index (χ1) is 12.3. The van der Waals surface area contributed by atoms with Gasteiger partial charge in [-0.1, -0.05) is 6.07 Å². The molecule has 130 valence electrons. The fraction of sp³-hybridized carbons (Fsp3) is 0.474. The highest BCUT2D eigenvalue weighted by Crippen LogP contribution is 2.33. The number of aromatic amines is 2. The minimum Gasteiger partial charge on any atom is -0.344 e. The second-order valence-electron chi connectivity index (χ2n) is 7.20. The Bertz CT molecular complexity index is 888. The number of halogens is 1. The van der Waals surface area contributed by atoms with Crippen molar-refractivity contribution in [2.24, 2.45) is 0 Å². The summed E-state index contributed by atoms with van der Waals surface area (Å²) in [5, 5.41) is 0. The highest BCUT2D eigenvalue weighted by molar-refractivity contribution is 5.75. The standard InChI is InChI=1S/C19H22FN5/c20-12-5-3-8-15-18(12)24-17(21-15)11-25-10-4-9-16(25)19-22-13-6-1-2-7-14(13)23-19/h3,5,8,16H,1-2,4,6-7,9-11H2,(H,21,24)(H,22,23). The molecule has 1 unspecified atom stereocenters. The van der Waals surface area contributed by atoms with Gasteiger partial charge in [-0.15, -0.1) is 0 Å². The highest BCUT2D eigenvalue weighted by Gasteiger charge is 2.30.